The third-order valence-corrected chi connectivity index (χ3v) is 6.09. The van der Waals surface area contributed by atoms with E-state index >= 15 is 0 Å². The highest BCUT2D eigenvalue weighted by Gasteiger charge is 2.64. The Bertz CT molecular complexity index is 615. The molecular formula is C16H22IN3O2. The number of hydrogen-bond donors (Lipinski definition) is 0. The molecule has 1 spiro atoms. The predicted molar refractivity (Wildman–Crippen MR) is 90.6 cm³/mol. The van der Waals surface area contributed by atoms with E-state index in [4.69, 9.17) is 4.74 Å². The first-order chi connectivity index (χ1) is 10.4. The molecule has 1 aliphatic heterocycles. The molecule has 2 heterocycles. The van der Waals surface area contributed by atoms with E-state index in [1.807, 2.05) is 11.9 Å². The van der Waals surface area contributed by atoms with Crippen LogP contribution >= 0.6 is 22.6 Å². The number of amides is 1. The second kappa shape index (κ2) is 4.93. The molecule has 0 aromatic carbocycles. The molecule has 1 aromatic heterocycles. The number of aromatic nitrogens is 2. The van der Waals surface area contributed by atoms with Gasteiger partial charge in [-0.2, -0.15) is 5.10 Å². The lowest BCUT2D eigenvalue weighted by Crippen LogP contribution is -2.52. The van der Waals surface area contributed by atoms with Crippen molar-refractivity contribution in [2.24, 2.45) is 11.8 Å². The molecule has 0 bridgehead atoms. The van der Waals surface area contributed by atoms with Crippen LogP contribution in [0.3, 0.4) is 0 Å². The third-order valence-electron chi connectivity index (χ3n) is 5.57. The molecule has 6 heteroatoms. The first-order valence-corrected chi connectivity index (χ1v) is 9.11. The molecule has 2 saturated carbocycles. The molecule has 4 rings (SSSR count). The molecule has 1 saturated heterocycles. The molecule has 22 heavy (non-hydrogen) atoms. The Labute approximate surface area is 144 Å². The van der Waals surface area contributed by atoms with Gasteiger partial charge in [0.05, 0.1) is 5.60 Å². The average Bonchev–Trinajstić information content (AvgIpc) is 2.82. The maximum atomic E-state index is 11.6. The summed E-state index contributed by atoms with van der Waals surface area (Å²) < 4.78 is 9.23. The fourth-order valence-electron chi connectivity index (χ4n) is 4.56. The molecule has 3 aliphatic rings. The highest BCUT2D eigenvalue weighted by atomic mass is 127. The van der Waals surface area contributed by atoms with Crippen LogP contribution in [0.1, 0.15) is 44.3 Å². The molecular weight excluding hydrogens is 393 g/mol. The first-order valence-electron chi connectivity index (χ1n) is 8.03. The zero-order chi connectivity index (χ0) is 15.6. The summed E-state index contributed by atoms with van der Waals surface area (Å²) in [6, 6.07) is 2.65. The van der Waals surface area contributed by atoms with Gasteiger partial charge in [0.1, 0.15) is 10.3 Å². The van der Waals surface area contributed by atoms with Crippen molar-refractivity contribution < 1.29 is 9.53 Å². The van der Waals surface area contributed by atoms with Crippen molar-refractivity contribution >= 4 is 28.5 Å². The van der Waals surface area contributed by atoms with Crippen LogP contribution in [0.5, 0.6) is 0 Å². The summed E-state index contributed by atoms with van der Waals surface area (Å²) in [6.45, 7) is 5.39. The van der Waals surface area contributed by atoms with Crippen molar-refractivity contribution in [1.82, 2.24) is 14.7 Å². The van der Waals surface area contributed by atoms with E-state index in [0.29, 0.717) is 23.8 Å². The number of likely N-dealkylation sites (N-methyl/N-ethyl adjacent to an activating group) is 1. The molecule has 2 aliphatic carbocycles. The minimum atomic E-state index is -0.0790. The Balaban J connectivity index is 1.50. The van der Waals surface area contributed by atoms with Gasteiger partial charge in [-0.25, -0.2) is 0 Å². The van der Waals surface area contributed by atoms with Crippen LogP contribution in [0.15, 0.2) is 6.07 Å². The number of rotatable bonds is 2. The zero-order valence-electron chi connectivity index (χ0n) is 13.3. The lowest BCUT2D eigenvalue weighted by atomic mass is 9.91. The number of halogens is 1. The molecule has 2 unspecified atom stereocenters. The number of carbonyl (C=O) groups excluding carboxylic acids is 1. The maximum absolute atomic E-state index is 11.6. The van der Waals surface area contributed by atoms with E-state index in [0.717, 1.165) is 23.1 Å². The van der Waals surface area contributed by atoms with E-state index in [1.54, 1.807) is 0 Å². The fraction of sp³-hybridized carbons (Fsp3) is 0.750. The normalized spacial score (nSPS) is 37.2. The highest BCUT2D eigenvalue weighted by Crippen LogP contribution is 2.67. The SMILES string of the molecule is CC(C)n1nc(I)cc1C1C2CC3(CC21)CN(C)C(=O)CO3. The van der Waals surface area contributed by atoms with E-state index in [2.05, 4.69) is 52.3 Å². The van der Waals surface area contributed by atoms with Gasteiger partial charge in [0.15, 0.2) is 0 Å². The summed E-state index contributed by atoms with van der Waals surface area (Å²) in [5.74, 6) is 2.14. The molecule has 1 aromatic rings. The van der Waals surface area contributed by atoms with Crippen molar-refractivity contribution in [2.75, 3.05) is 20.2 Å². The van der Waals surface area contributed by atoms with Crippen molar-refractivity contribution in [2.45, 2.75) is 44.2 Å². The summed E-state index contributed by atoms with van der Waals surface area (Å²) in [5.41, 5.74) is 1.31. The third kappa shape index (κ3) is 2.21. The van der Waals surface area contributed by atoms with Crippen LogP contribution in [-0.2, 0) is 9.53 Å². The van der Waals surface area contributed by atoms with Gasteiger partial charge in [-0.05, 0) is 67.2 Å². The number of ether oxygens (including phenoxy) is 1. The van der Waals surface area contributed by atoms with Gasteiger partial charge < -0.3 is 9.64 Å². The Morgan fingerprint density at radius 2 is 2.09 bits per heavy atom. The number of nitrogens with zero attached hydrogens (tertiary/aromatic N) is 3. The van der Waals surface area contributed by atoms with Crippen molar-refractivity contribution in [3.05, 3.63) is 15.5 Å². The minimum Gasteiger partial charge on any atom is -0.363 e. The van der Waals surface area contributed by atoms with E-state index < -0.39 is 0 Å². The van der Waals surface area contributed by atoms with Gasteiger partial charge in [0, 0.05) is 31.2 Å². The molecule has 0 radical (unpaired) electrons. The first kappa shape index (κ1) is 14.9. The molecule has 5 nitrogen and oxygen atoms in total. The standard InChI is InChI=1S/C16H22IN3O2/c1-9(2)20-12(4-13(17)18-20)15-10-5-16(6-11(10)15)8-19(3)14(21)7-22-16/h4,9-11,15H,5-8H2,1-3H3. The Kier molecular flexibility index (Phi) is 3.35. The average molecular weight is 415 g/mol. The summed E-state index contributed by atoms with van der Waals surface area (Å²) in [4.78, 5) is 13.5. The van der Waals surface area contributed by atoms with Crippen molar-refractivity contribution in [3.63, 3.8) is 0 Å². The van der Waals surface area contributed by atoms with Crippen LogP contribution in [0.25, 0.3) is 0 Å². The second-order valence-electron chi connectivity index (χ2n) is 7.41. The highest BCUT2D eigenvalue weighted by molar-refractivity contribution is 14.1. The lowest BCUT2D eigenvalue weighted by molar-refractivity contribution is -0.162. The predicted octanol–water partition coefficient (Wildman–Crippen LogP) is 2.42. The number of morpholine rings is 1. The Morgan fingerprint density at radius 1 is 1.41 bits per heavy atom. The van der Waals surface area contributed by atoms with Gasteiger partial charge in [-0.1, -0.05) is 0 Å². The summed E-state index contributed by atoms with van der Waals surface area (Å²) in [7, 11) is 1.89. The smallest absolute Gasteiger partial charge is 0.248 e. The second-order valence-corrected chi connectivity index (χ2v) is 8.52. The maximum Gasteiger partial charge on any atom is 0.248 e. The Morgan fingerprint density at radius 3 is 2.68 bits per heavy atom. The fourth-order valence-corrected chi connectivity index (χ4v) is 5.11. The lowest BCUT2D eigenvalue weighted by Gasteiger charge is -2.40. The van der Waals surface area contributed by atoms with Crippen LogP contribution in [-0.4, -0.2) is 46.4 Å². The zero-order valence-corrected chi connectivity index (χ0v) is 15.4. The van der Waals surface area contributed by atoms with Gasteiger partial charge in [-0.15, -0.1) is 0 Å². The van der Waals surface area contributed by atoms with Gasteiger partial charge in [0.2, 0.25) is 5.91 Å². The Hall–Kier alpha value is -0.630. The molecule has 120 valence electrons. The van der Waals surface area contributed by atoms with Crippen LogP contribution < -0.4 is 0 Å². The van der Waals surface area contributed by atoms with Crippen LogP contribution in [0.4, 0.5) is 0 Å². The van der Waals surface area contributed by atoms with E-state index in [9.17, 15) is 4.79 Å². The molecule has 1 amide bonds. The minimum absolute atomic E-state index is 0.0790. The van der Waals surface area contributed by atoms with Crippen molar-refractivity contribution in [1.29, 1.82) is 0 Å². The van der Waals surface area contributed by atoms with Gasteiger partial charge in [-0.3, -0.25) is 9.48 Å². The largest absolute Gasteiger partial charge is 0.363 e. The molecule has 2 atom stereocenters. The summed E-state index contributed by atoms with van der Waals surface area (Å²) in [5, 5.41) is 4.64. The number of hydrogen-bond acceptors (Lipinski definition) is 3. The summed E-state index contributed by atoms with van der Waals surface area (Å²) in [6.07, 6.45) is 2.17. The monoisotopic (exact) mass is 415 g/mol. The van der Waals surface area contributed by atoms with Crippen LogP contribution in [0, 0.1) is 15.5 Å². The van der Waals surface area contributed by atoms with E-state index in [1.165, 1.54) is 5.69 Å². The number of fused-ring (bicyclic) bond motifs is 1. The quantitative estimate of drug-likeness (QED) is 0.698. The van der Waals surface area contributed by atoms with Crippen LogP contribution in [0.2, 0.25) is 0 Å². The van der Waals surface area contributed by atoms with Crippen molar-refractivity contribution in [3.8, 4) is 0 Å². The topological polar surface area (TPSA) is 47.4 Å². The summed E-state index contributed by atoms with van der Waals surface area (Å²) >= 11 is 2.31. The molecule has 0 N–H and O–H groups in total. The van der Waals surface area contributed by atoms with Gasteiger partial charge in [0.25, 0.3) is 0 Å². The van der Waals surface area contributed by atoms with E-state index in [-0.39, 0.29) is 18.1 Å². The number of carbonyl (C=O) groups is 1. The molecule has 3 fully saturated rings. The van der Waals surface area contributed by atoms with Gasteiger partial charge >= 0.3 is 0 Å².